The summed E-state index contributed by atoms with van der Waals surface area (Å²) in [7, 11) is 0. The minimum Gasteiger partial charge on any atom is -0.444 e. The largest absolute Gasteiger partial charge is 0.444 e. The maximum atomic E-state index is 12.6. The van der Waals surface area contributed by atoms with Gasteiger partial charge in [0.25, 0.3) is 0 Å². The Morgan fingerprint density at radius 2 is 2.15 bits per heavy atom. The fourth-order valence-corrected chi connectivity index (χ4v) is 4.00. The lowest BCUT2D eigenvalue weighted by Crippen LogP contribution is -2.58. The predicted molar refractivity (Wildman–Crippen MR) is 108 cm³/mol. The minimum absolute atomic E-state index is 0.374. The monoisotopic (exact) mass is 469 g/mol. The van der Waals surface area contributed by atoms with E-state index < -0.39 is 17.2 Å². The fraction of sp³-hybridized carbons (Fsp3) is 0.556. The lowest BCUT2D eigenvalue weighted by atomic mass is 9.80. The molecule has 3 heterocycles. The predicted octanol–water partition coefficient (Wildman–Crippen LogP) is 2.98. The van der Waals surface area contributed by atoms with E-state index in [4.69, 9.17) is 4.74 Å². The van der Waals surface area contributed by atoms with Crippen LogP contribution in [0.2, 0.25) is 0 Å². The SMILES string of the molecule is C[C@@H]1CNC[C@@](NC(=O)OC(C)(C)C)(c2ncc(I)c3ncncc23)C1. The molecule has 2 aromatic rings. The van der Waals surface area contributed by atoms with Crippen LogP contribution in [0.15, 0.2) is 18.7 Å². The molecule has 2 aromatic heterocycles. The Labute approximate surface area is 166 Å². The lowest BCUT2D eigenvalue weighted by Gasteiger charge is -2.41. The number of carbonyl (C=O) groups is 1. The second kappa shape index (κ2) is 7.22. The summed E-state index contributed by atoms with van der Waals surface area (Å²) in [5.41, 5.74) is 0.379. The van der Waals surface area contributed by atoms with Crippen molar-refractivity contribution in [2.75, 3.05) is 13.1 Å². The van der Waals surface area contributed by atoms with Crippen LogP contribution in [0.5, 0.6) is 0 Å². The molecule has 0 saturated carbocycles. The molecule has 2 N–H and O–H groups in total. The zero-order valence-electron chi connectivity index (χ0n) is 15.5. The van der Waals surface area contributed by atoms with Crippen molar-refractivity contribution in [1.29, 1.82) is 0 Å². The molecular weight excluding hydrogens is 445 g/mol. The molecule has 0 unspecified atom stereocenters. The first kappa shape index (κ1) is 19.2. The number of alkyl carbamates (subject to hydrolysis) is 1. The summed E-state index contributed by atoms with van der Waals surface area (Å²) in [5, 5.41) is 7.37. The van der Waals surface area contributed by atoms with Gasteiger partial charge in [-0.3, -0.25) is 4.98 Å². The Hall–Kier alpha value is -1.55. The number of nitrogens with one attached hydrogen (secondary N) is 2. The first-order chi connectivity index (χ1) is 12.2. The van der Waals surface area contributed by atoms with Crippen LogP contribution in [-0.4, -0.2) is 39.7 Å². The molecule has 1 saturated heterocycles. The van der Waals surface area contributed by atoms with Gasteiger partial charge in [-0.1, -0.05) is 6.92 Å². The Morgan fingerprint density at radius 1 is 1.38 bits per heavy atom. The molecule has 26 heavy (non-hydrogen) atoms. The lowest BCUT2D eigenvalue weighted by molar-refractivity contribution is 0.0412. The summed E-state index contributed by atoms with van der Waals surface area (Å²) in [6, 6.07) is 0. The smallest absolute Gasteiger partial charge is 0.408 e. The molecule has 2 atom stereocenters. The number of rotatable bonds is 2. The molecule has 1 fully saturated rings. The quantitative estimate of drug-likeness (QED) is 0.658. The number of hydrogen-bond acceptors (Lipinski definition) is 6. The number of amides is 1. The maximum Gasteiger partial charge on any atom is 0.408 e. The number of ether oxygens (including phenoxy) is 1. The van der Waals surface area contributed by atoms with Crippen molar-refractivity contribution < 1.29 is 9.53 Å². The number of hydrogen-bond donors (Lipinski definition) is 2. The van der Waals surface area contributed by atoms with Crippen molar-refractivity contribution in [3.05, 3.63) is 28.0 Å². The van der Waals surface area contributed by atoms with E-state index in [0.29, 0.717) is 12.5 Å². The molecule has 1 amide bonds. The molecule has 0 radical (unpaired) electrons. The van der Waals surface area contributed by atoms with Gasteiger partial charge in [0, 0.05) is 24.3 Å². The van der Waals surface area contributed by atoms with Crippen LogP contribution in [0, 0.1) is 9.49 Å². The zero-order chi connectivity index (χ0) is 18.9. The molecule has 0 aliphatic carbocycles. The minimum atomic E-state index is -0.673. The molecule has 3 rings (SSSR count). The van der Waals surface area contributed by atoms with E-state index in [0.717, 1.165) is 33.1 Å². The highest BCUT2D eigenvalue weighted by Crippen LogP contribution is 2.35. The molecule has 7 nitrogen and oxygen atoms in total. The number of pyridine rings is 1. The van der Waals surface area contributed by atoms with Crippen molar-refractivity contribution in [1.82, 2.24) is 25.6 Å². The standard InChI is InChI=1S/C18H24IN5O2/c1-11-5-18(9-20-6-11,24-16(25)26-17(2,3)4)15-12-7-21-10-23-14(12)13(19)8-22-15/h7-8,10-11,20H,5-6,9H2,1-4H3,(H,24,25)/t11-,18+/m0/s1. The van der Waals surface area contributed by atoms with Crippen LogP contribution in [-0.2, 0) is 10.3 Å². The average molecular weight is 469 g/mol. The number of halogens is 1. The second-order valence-electron chi connectivity index (χ2n) is 7.89. The van der Waals surface area contributed by atoms with Crippen LogP contribution in [0.3, 0.4) is 0 Å². The Bertz CT molecular complexity index is 823. The van der Waals surface area contributed by atoms with E-state index in [9.17, 15) is 4.79 Å². The van der Waals surface area contributed by atoms with Crippen molar-refractivity contribution >= 4 is 39.6 Å². The van der Waals surface area contributed by atoms with E-state index in [1.54, 1.807) is 12.4 Å². The molecule has 0 aromatic carbocycles. The Kier molecular flexibility index (Phi) is 5.34. The highest BCUT2D eigenvalue weighted by Gasteiger charge is 2.41. The van der Waals surface area contributed by atoms with Gasteiger partial charge in [-0.15, -0.1) is 0 Å². The summed E-state index contributed by atoms with van der Waals surface area (Å²) in [5.74, 6) is 0.374. The van der Waals surface area contributed by atoms with Gasteiger partial charge in [-0.25, -0.2) is 14.8 Å². The topological polar surface area (TPSA) is 89.0 Å². The summed E-state index contributed by atoms with van der Waals surface area (Å²) >= 11 is 2.22. The van der Waals surface area contributed by atoms with Gasteiger partial charge in [-0.05, 0) is 62.2 Å². The highest BCUT2D eigenvalue weighted by molar-refractivity contribution is 14.1. The van der Waals surface area contributed by atoms with Gasteiger partial charge >= 0.3 is 6.09 Å². The van der Waals surface area contributed by atoms with E-state index >= 15 is 0 Å². The molecule has 0 bridgehead atoms. The second-order valence-corrected chi connectivity index (χ2v) is 9.05. The molecule has 8 heteroatoms. The number of piperidine rings is 1. The fourth-order valence-electron chi connectivity index (χ4n) is 3.43. The third-order valence-electron chi connectivity index (χ3n) is 4.31. The van der Waals surface area contributed by atoms with Gasteiger partial charge in [0.2, 0.25) is 0 Å². The van der Waals surface area contributed by atoms with Crippen molar-refractivity contribution in [3.8, 4) is 0 Å². The van der Waals surface area contributed by atoms with Crippen molar-refractivity contribution in [2.24, 2.45) is 5.92 Å². The van der Waals surface area contributed by atoms with Gasteiger partial charge in [0.15, 0.2) is 0 Å². The summed E-state index contributed by atoms with van der Waals surface area (Å²) < 4.78 is 6.47. The van der Waals surface area contributed by atoms with Crippen LogP contribution in [0.1, 0.15) is 39.8 Å². The molecular formula is C18H24IN5O2. The molecule has 1 aliphatic heterocycles. The molecule has 140 valence electrons. The normalized spacial score (nSPS) is 23.7. The molecule has 1 aliphatic rings. The van der Waals surface area contributed by atoms with E-state index in [1.807, 2.05) is 20.8 Å². The van der Waals surface area contributed by atoms with Crippen LogP contribution < -0.4 is 10.6 Å². The van der Waals surface area contributed by atoms with E-state index in [2.05, 4.69) is 55.1 Å². The number of nitrogens with zero attached hydrogens (tertiary/aromatic N) is 3. The van der Waals surface area contributed by atoms with Crippen molar-refractivity contribution in [2.45, 2.75) is 45.3 Å². The number of aromatic nitrogens is 3. The summed E-state index contributed by atoms with van der Waals surface area (Å²) in [4.78, 5) is 25.9. The number of carbonyl (C=O) groups excluding carboxylic acids is 1. The summed E-state index contributed by atoms with van der Waals surface area (Å²) in [6.45, 7) is 9.20. The maximum absolute atomic E-state index is 12.6. The van der Waals surface area contributed by atoms with Gasteiger partial charge in [0.05, 0.1) is 20.3 Å². The van der Waals surface area contributed by atoms with Crippen molar-refractivity contribution in [3.63, 3.8) is 0 Å². The summed E-state index contributed by atoms with van der Waals surface area (Å²) in [6.07, 6.45) is 5.41. The highest BCUT2D eigenvalue weighted by atomic mass is 127. The third kappa shape index (κ3) is 4.06. The van der Waals surface area contributed by atoms with Gasteiger partial charge in [-0.2, -0.15) is 0 Å². The van der Waals surface area contributed by atoms with E-state index in [-0.39, 0.29) is 0 Å². The first-order valence-corrected chi connectivity index (χ1v) is 9.75. The van der Waals surface area contributed by atoms with E-state index in [1.165, 1.54) is 6.33 Å². The van der Waals surface area contributed by atoms with Gasteiger partial charge < -0.3 is 15.4 Å². The third-order valence-corrected chi connectivity index (χ3v) is 5.10. The van der Waals surface area contributed by atoms with Crippen LogP contribution in [0.4, 0.5) is 4.79 Å². The van der Waals surface area contributed by atoms with Gasteiger partial charge in [0.1, 0.15) is 11.9 Å². The average Bonchev–Trinajstić information content (AvgIpc) is 2.53. The molecule has 0 spiro atoms. The van der Waals surface area contributed by atoms with Crippen LogP contribution >= 0.6 is 22.6 Å². The Morgan fingerprint density at radius 3 is 2.85 bits per heavy atom. The number of fused-ring (bicyclic) bond motifs is 1. The Balaban J connectivity index is 2.08. The zero-order valence-corrected chi connectivity index (χ0v) is 17.6. The first-order valence-electron chi connectivity index (χ1n) is 8.67. The van der Waals surface area contributed by atoms with Crippen LogP contribution in [0.25, 0.3) is 10.9 Å².